The molecule has 18 aliphatic rings. The zero-order valence-corrected chi connectivity index (χ0v) is 87.7. The second-order valence-electron chi connectivity index (χ2n) is 51.7. The first-order valence-corrected chi connectivity index (χ1v) is 58.0. The van der Waals surface area contributed by atoms with E-state index in [0.29, 0.717) is 34.0 Å². The van der Waals surface area contributed by atoms with Crippen molar-refractivity contribution in [3.8, 4) is 44.5 Å². The normalized spacial score (nSPS) is 26.6. The van der Waals surface area contributed by atoms with E-state index in [1.807, 2.05) is 0 Å². The smallest absolute Gasteiger partial charge is 0.0540 e. The van der Waals surface area contributed by atoms with Gasteiger partial charge in [-0.15, -0.1) is 0 Å². The predicted molar refractivity (Wildman–Crippen MR) is 614 cm³/mol. The van der Waals surface area contributed by atoms with Crippen molar-refractivity contribution in [2.45, 2.75) is 304 Å². The van der Waals surface area contributed by atoms with E-state index < -0.39 is 0 Å². The van der Waals surface area contributed by atoms with Crippen LogP contribution in [0.25, 0.3) is 66.1 Å². The molecule has 15 fully saturated rings. The largest absolute Gasteiger partial charge is 0.310 e. The highest BCUT2D eigenvalue weighted by atomic mass is 15.2. The second kappa shape index (κ2) is 36.0. The topological polar surface area (TPSA) is 9.72 Å². The summed E-state index contributed by atoms with van der Waals surface area (Å²) in [5.41, 5.74) is 41.8. The van der Waals surface area contributed by atoms with Crippen LogP contribution >= 0.6 is 0 Å². The molecule has 736 valence electrons. The minimum Gasteiger partial charge on any atom is -0.310 e. The summed E-state index contributed by atoms with van der Waals surface area (Å²) in [6.45, 7) is 14.9. The maximum Gasteiger partial charge on any atom is 0.0540 e. The molecule has 0 N–H and O–H groups in total. The van der Waals surface area contributed by atoms with Crippen LogP contribution in [0, 0.1) is 53.3 Å². The van der Waals surface area contributed by atoms with Crippen molar-refractivity contribution in [2.24, 2.45) is 53.3 Å². The van der Waals surface area contributed by atoms with Crippen molar-refractivity contribution in [1.29, 1.82) is 0 Å². The first-order valence-electron chi connectivity index (χ1n) is 58.0. The van der Waals surface area contributed by atoms with Gasteiger partial charge in [-0.05, 0) is 472 Å². The Morgan fingerprint density at radius 2 is 0.466 bits per heavy atom. The van der Waals surface area contributed by atoms with Gasteiger partial charge in [0.2, 0.25) is 0 Å². The Kier molecular flexibility index (Phi) is 22.6. The summed E-state index contributed by atoms with van der Waals surface area (Å²) in [6.07, 6.45) is 46.7. The van der Waals surface area contributed by atoms with Gasteiger partial charge in [0.05, 0.1) is 5.69 Å². The van der Waals surface area contributed by atoms with E-state index in [-0.39, 0.29) is 16.2 Å². The Morgan fingerprint density at radius 3 is 0.836 bits per heavy atom. The quantitative estimate of drug-likeness (QED) is 0.0955. The van der Waals surface area contributed by atoms with Crippen LogP contribution in [-0.4, -0.2) is 0 Å². The van der Waals surface area contributed by atoms with Crippen LogP contribution in [0.4, 0.5) is 51.2 Å². The number of fused-ring (bicyclic) bond motifs is 11. The highest BCUT2D eigenvalue weighted by molar-refractivity contribution is 6.00. The lowest BCUT2D eigenvalue weighted by Crippen LogP contribution is -2.48. The fourth-order valence-corrected chi connectivity index (χ4v) is 35.4. The van der Waals surface area contributed by atoms with Gasteiger partial charge in [-0.2, -0.15) is 0 Å². The Morgan fingerprint density at radius 1 is 0.199 bits per heavy atom. The summed E-state index contributed by atoms with van der Waals surface area (Å²) in [5, 5.41) is 5.14. The van der Waals surface area contributed by atoms with Gasteiger partial charge in [-0.3, -0.25) is 0 Å². The number of benzene rings is 15. The van der Waals surface area contributed by atoms with Crippen LogP contribution in [0.2, 0.25) is 0 Å². The number of anilines is 9. The number of hydrogen-bond donors (Lipinski definition) is 0. The standard InChI is InChI=1S/C49H51N.2C47H49N/c1-48(2)46-28-40(49-30-33-25-34(31-49)27-35(26-33)32-49)17-23-44(46)45-24-22-43(29-47(45)48)50(41-18-13-38(14-19-41)36-9-5-3-6-10-36)42-20-15-39(16-21-42)37-11-7-4-8-12-37;1-46(2)43-26-37(47-28-31-23-32(29-47)25-33(24-31)30-47)17-21-41(43)42-22-20-39(27-44(42)46)48(45-14-8-12-36-11-6-7-13-40(36)45)38-18-15-35(16-19-38)34-9-4-3-5-10-34;1-46(2)44-26-38(47-28-31-22-32(29-47)24-33(23-31)30-47)15-20-42(44)43-21-19-41(27-45(43)46)48(40-18-14-35-10-6-7-11-37(35)25-40)39-16-12-36(13-17-39)34-8-4-3-5-9-34/h3,5-6,9-10,13-24,28-29,33-35,37H,4,7-8,11-12,25-27,30-32H2,1-2H3;6-8,11-22,26-27,31-34H,3-5,9-10,23-25,28-30H2,1-2H3;6-7,10-21,25-27,31-34H,3-5,8-9,22-24,28-30H2,1-2H3. The molecule has 0 heterocycles. The van der Waals surface area contributed by atoms with E-state index in [2.05, 4.69) is 378 Å². The van der Waals surface area contributed by atoms with Crippen molar-refractivity contribution in [1.82, 2.24) is 0 Å². The molecule has 0 atom stereocenters. The molecule has 146 heavy (non-hydrogen) atoms. The monoisotopic (exact) mass is 1910 g/mol. The predicted octanol–water partition coefficient (Wildman–Crippen LogP) is 39.9. The van der Waals surface area contributed by atoms with Gasteiger partial charge in [-0.25, -0.2) is 0 Å². The molecule has 3 nitrogen and oxygen atoms in total. The molecule has 12 bridgehead atoms. The molecule has 33 rings (SSSR count). The van der Waals surface area contributed by atoms with Crippen molar-refractivity contribution in [2.75, 3.05) is 14.7 Å². The number of rotatable bonds is 16. The summed E-state index contributed by atoms with van der Waals surface area (Å²) in [6, 6.07) is 125. The molecule has 3 heteroatoms. The molecule has 0 aliphatic heterocycles. The Labute approximate surface area is 870 Å². The lowest BCUT2D eigenvalue weighted by Gasteiger charge is -2.57. The van der Waals surface area contributed by atoms with Crippen LogP contribution < -0.4 is 14.7 Å². The Balaban J connectivity index is 0.000000106. The van der Waals surface area contributed by atoms with Crippen LogP contribution in [0.1, 0.15) is 338 Å². The minimum atomic E-state index is -0.0490. The fraction of sp³-hybridized carbons (Fsp3) is 0.399. The van der Waals surface area contributed by atoms with Crippen molar-refractivity contribution in [3.05, 3.63) is 388 Å². The average Bonchev–Trinajstić information content (AvgIpc) is 1.57. The van der Waals surface area contributed by atoms with Crippen LogP contribution in [0.3, 0.4) is 0 Å². The molecule has 0 saturated heterocycles. The maximum absolute atomic E-state index is 2.68. The summed E-state index contributed by atoms with van der Waals surface area (Å²) in [7, 11) is 0. The molecule has 0 radical (unpaired) electrons. The molecule has 15 aromatic rings. The number of nitrogens with zero attached hydrogens (tertiary/aromatic N) is 3. The SMILES string of the molecule is CC1(C)c2cc(N(c3ccc(-c4ccccc4)cc3)c3ccc(C4CCCCC4)cc3)ccc2-c2ccc(C34CC5CC(CC(C5)C3)C4)cc21.CC1(C)c2cc(N(c3ccc(C4CCCCC4)cc3)c3ccc4ccccc4c3)ccc2-c2ccc(C34CC5CC(CC(C5)C3)C4)cc21.CC1(C)c2cc(N(c3ccc(C4CCCCC4)cc3)c3cccc4ccccc34)ccc2-c2ccc(C34CC5CC(CC(C5)C3)C4)cc21. The Bertz CT molecular complexity index is 7370. The second-order valence-corrected chi connectivity index (χ2v) is 51.7. The van der Waals surface area contributed by atoms with E-state index in [4.69, 9.17) is 0 Å². The molecule has 0 spiro atoms. The summed E-state index contributed by atoms with van der Waals surface area (Å²) in [4.78, 5) is 7.50. The summed E-state index contributed by atoms with van der Waals surface area (Å²) < 4.78 is 0. The summed E-state index contributed by atoms with van der Waals surface area (Å²) >= 11 is 0. The van der Waals surface area contributed by atoms with Crippen molar-refractivity contribution in [3.63, 3.8) is 0 Å². The molecule has 18 aliphatic carbocycles. The molecule has 15 aromatic carbocycles. The third kappa shape index (κ3) is 15.9. The first-order chi connectivity index (χ1) is 71.3. The van der Waals surface area contributed by atoms with Crippen LogP contribution in [-0.2, 0) is 32.5 Å². The minimum absolute atomic E-state index is 0.0428. The highest BCUT2D eigenvalue weighted by Crippen LogP contribution is 2.67. The molecular formula is C143H149N3. The zero-order valence-electron chi connectivity index (χ0n) is 87.7. The van der Waals surface area contributed by atoms with Crippen molar-refractivity contribution < 1.29 is 0 Å². The lowest BCUT2D eigenvalue weighted by atomic mass is 9.48. The molecule has 15 saturated carbocycles. The third-order valence-electron chi connectivity index (χ3n) is 41.6. The zero-order chi connectivity index (χ0) is 97.5. The van der Waals surface area contributed by atoms with E-state index in [1.165, 1.54) is 379 Å². The van der Waals surface area contributed by atoms with E-state index in [1.54, 1.807) is 16.7 Å². The maximum atomic E-state index is 2.68. The molecule has 0 amide bonds. The molecule has 0 unspecified atom stereocenters. The van der Waals surface area contributed by atoms with Gasteiger partial charge in [0.15, 0.2) is 0 Å². The van der Waals surface area contributed by atoms with Crippen LogP contribution in [0.5, 0.6) is 0 Å². The lowest BCUT2D eigenvalue weighted by molar-refractivity contribution is -0.00535. The van der Waals surface area contributed by atoms with Crippen LogP contribution in [0.15, 0.2) is 322 Å². The van der Waals surface area contributed by atoms with E-state index in [9.17, 15) is 0 Å². The van der Waals surface area contributed by atoms with Gasteiger partial charge in [0, 0.05) is 67.1 Å². The van der Waals surface area contributed by atoms with Gasteiger partial charge < -0.3 is 14.7 Å². The molecular weight excluding hydrogens is 1760 g/mol. The average molecular weight is 1910 g/mol. The van der Waals surface area contributed by atoms with Gasteiger partial charge >= 0.3 is 0 Å². The van der Waals surface area contributed by atoms with E-state index >= 15 is 0 Å². The Hall–Kier alpha value is -11.8. The van der Waals surface area contributed by atoms with Gasteiger partial charge in [-0.1, -0.05) is 318 Å². The third-order valence-corrected chi connectivity index (χ3v) is 41.6. The number of hydrogen-bond acceptors (Lipinski definition) is 3. The van der Waals surface area contributed by atoms with Crippen molar-refractivity contribution >= 4 is 72.7 Å². The van der Waals surface area contributed by atoms with E-state index in [0.717, 1.165) is 53.3 Å². The first kappa shape index (κ1) is 91.6. The highest BCUT2D eigenvalue weighted by Gasteiger charge is 2.56. The molecule has 0 aromatic heterocycles. The van der Waals surface area contributed by atoms with Gasteiger partial charge in [0.25, 0.3) is 0 Å². The fourth-order valence-electron chi connectivity index (χ4n) is 35.4. The summed E-state index contributed by atoms with van der Waals surface area (Å²) in [5.74, 6) is 10.8. The van der Waals surface area contributed by atoms with Gasteiger partial charge in [0.1, 0.15) is 0 Å².